The summed E-state index contributed by atoms with van der Waals surface area (Å²) < 4.78 is 6.86. The van der Waals surface area contributed by atoms with Crippen LogP contribution in [0.25, 0.3) is 0 Å². The first-order valence-corrected chi connectivity index (χ1v) is 7.14. The van der Waals surface area contributed by atoms with Gasteiger partial charge in [0.1, 0.15) is 12.4 Å². The predicted molar refractivity (Wildman–Crippen MR) is 80.2 cm³/mol. The summed E-state index contributed by atoms with van der Waals surface area (Å²) in [7, 11) is 0. The molecule has 1 N–H and O–H groups in total. The molecule has 0 aliphatic carbocycles. The lowest BCUT2D eigenvalue weighted by Gasteiger charge is -2.15. The van der Waals surface area contributed by atoms with Crippen LogP contribution in [0.15, 0.2) is 53.0 Å². The van der Waals surface area contributed by atoms with Crippen LogP contribution >= 0.6 is 15.9 Å². The lowest BCUT2D eigenvalue weighted by atomic mass is 10.1. The van der Waals surface area contributed by atoms with Crippen LogP contribution in [-0.4, -0.2) is 5.11 Å². The standard InChI is InChI=1S/C16H17BrO2/c1-2-15(18)14-8-3-4-9-16(14)19-11-12-6-5-7-13(17)10-12/h3-10,15,18H,2,11H2,1H3/t15-/m1/s1. The maximum absolute atomic E-state index is 9.96. The van der Waals surface area contributed by atoms with Crippen LogP contribution in [0.3, 0.4) is 0 Å². The number of ether oxygens (including phenoxy) is 1. The molecule has 2 nitrogen and oxygen atoms in total. The lowest BCUT2D eigenvalue weighted by molar-refractivity contribution is 0.166. The Labute approximate surface area is 122 Å². The highest BCUT2D eigenvalue weighted by Crippen LogP contribution is 2.27. The molecule has 2 aromatic carbocycles. The summed E-state index contributed by atoms with van der Waals surface area (Å²) in [4.78, 5) is 0. The van der Waals surface area contributed by atoms with Gasteiger partial charge in [0.15, 0.2) is 0 Å². The average Bonchev–Trinajstić information content (AvgIpc) is 2.45. The second-order valence-electron chi connectivity index (χ2n) is 4.38. The average molecular weight is 321 g/mol. The number of rotatable bonds is 5. The van der Waals surface area contributed by atoms with Crippen LogP contribution in [0, 0.1) is 0 Å². The molecule has 0 saturated heterocycles. The molecule has 2 aromatic rings. The van der Waals surface area contributed by atoms with Crippen molar-refractivity contribution in [3.8, 4) is 5.75 Å². The van der Waals surface area contributed by atoms with Crippen molar-refractivity contribution in [3.63, 3.8) is 0 Å². The van der Waals surface area contributed by atoms with Gasteiger partial charge in [0, 0.05) is 10.0 Å². The Hall–Kier alpha value is -1.32. The van der Waals surface area contributed by atoms with Gasteiger partial charge in [-0.2, -0.15) is 0 Å². The molecule has 0 aliphatic rings. The third kappa shape index (κ3) is 3.82. The zero-order chi connectivity index (χ0) is 13.7. The van der Waals surface area contributed by atoms with Gasteiger partial charge in [-0.3, -0.25) is 0 Å². The van der Waals surface area contributed by atoms with E-state index in [-0.39, 0.29) is 0 Å². The second-order valence-corrected chi connectivity index (χ2v) is 5.30. The van der Waals surface area contributed by atoms with Crippen molar-refractivity contribution in [1.29, 1.82) is 0 Å². The molecule has 100 valence electrons. The fourth-order valence-corrected chi connectivity index (χ4v) is 2.34. The summed E-state index contributed by atoms with van der Waals surface area (Å²) in [6.45, 7) is 2.45. The maximum atomic E-state index is 9.96. The van der Waals surface area contributed by atoms with E-state index in [1.807, 2.05) is 55.5 Å². The van der Waals surface area contributed by atoms with Crippen LogP contribution < -0.4 is 4.74 Å². The van der Waals surface area contributed by atoms with Gasteiger partial charge in [-0.05, 0) is 30.2 Å². The van der Waals surface area contributed by atoms with E-state index in [1.54, 1.807) is 0 Å². The normalized spacial score (nSPS) is 12.2. The highest BCUT2D eigenvalue weighted by atomic mass is 79.9. The van der Waals surface area contributed by atoms with E-state index in [0.29, 0.717) is 13.0 Å². The van der Waals surface area contributed by atoms with Gasteiger partial charge < -0.3 is 9.84 Å². The van der Waals surface area contributed by atoms with E-state index in [4.69, 9.17) is 4.74 Å². The van der Waals surface area contributed by atoms with Crippen molar-refractivity contribution >= 4 is 15.9 Å². The van der Waals surface area contributed by atoms with E-state index < -0.39 is 6.10 Å². The molecule has 0 bridgehead atoms. The fourth-order valence-electron chi connectivity index (χ4n) is 1.90. The SMILES string of the molecule is CC[C@@H](O)c1ccccc1OCc1cccc(Br)c1. The topological polar surface area (TPSA) is 29.5 Å². The molecule has 0 fully saturated rings. The van der Waals surface area contributed by atoms with Crippen molar-refractivity contribution in [2.45, 2.75) is 26.1 Å². The number of hydrogen-bond donors (Lipinski definition) is 1. The molecular formula is C16H17BrO2. The highest BCUT2D eigenvalue weighted by Gasteiger charge is 2.10. The van der Waals surface area contributed by atoms with E-state index >= 15 is 0 Å². The molecule has 0 saturated carbocycles. The van der Waals surface area contributed by atoms with Gasteiger partial charge >= 0.3 is 0 Å². The Kier molecular flexibility index (Phi) is 5.00. The van der Waals surface area contributed by atoms with Gasteiger partial charge in [0.25, 0.3) is 0 Å². The summed E-state index contributed by atoms with van der Waals surface area (Å²) in [6.07, 6.45) is 0.204. The second kappa shape index (κ2) is 6.73. The van der Waals surface area contributed by atoms with Crippen molar-refractivity contribution < 1.29 is 9.84 Å². The highest BCUT2D eigenvalue weighted by molar-refractivity contribution is 9.10. The lowest BCUT2D eigenvalue weighted by Crippen LogP contribution is -2.02. The van der Waals surface area contributed by atoms with E-state index in [0.717, 1.165) is 21.3 Å². The monoisotopic (exact) mass is 320 g/mol. The van der Waals surface area contributed by atoms with E-state index in [2.05, 4.69) is 15.9 Å². The van der Waals surface area contributed by atoms with Crippen LogP contribution in [-0.2, 0) is 6.61 Å². The largest absolute Gasteiger partial charge is 0.489 e. The molecule has 0 aromatic heterocycles. The van der Waals surface area contributed by atoms with Crippen LogP contribution in [0.1, 0.15) is 30.6 Å². The summed E-state index contributed by atoms with van der Waals surface area (Å²) >= 11 is 3.44. The molecule has 0 radical (unpaired) electrons. The summed E-state index contributed by atoms with van der Waals surface area (Å²) in [5.74, 6) is 0.747. The zero-order valence-electron chi connectivity index (χ0n) is 10.8. The first kappa shape index (κ1) is 14.1. The van der Waals surface area contributed by atoms with E-state index in [1.165, 1.54) is 0 Å². The summed E-state index contributed by atoms with van der Waals surface area (Å²) in [5, 5.41) is 9.96. The first-order chi connectivity index (χ1) is 9.20. The maximum Gasteiger partial charge on any atom is 0.125 e. The molecule has 0 heterocycles. The minimum atomic E-state index is -0.473. The van der Waals surface area contributed by atoms with Crippen molar-refractivity contribution in [2.24, 2.45) is 0 Å². The number of benzene rings is 2. The molecule has 0 aliphatic heterocycles. The zero-order valence-corrected chi connectivity index (χ0v) is 12.4. The quantitative estimate of drug-likeness (QED) is 0.880. The molecule has 0 amide bonds. The van der Waals surface area contributed by atoms with Gasteiger partial charge in [-0.1, -0.05) is 53.2 Å². The Morgan fingerprint density at radius 2 is 1.95 bits per heavy atom. The number of aliphatic hydroxyl groups is 1. The third-order valence-corrected chi connectivity index (χ3v) is 3.44. The van der Waals surface area contributed by atoms with Gasteiger partial charge in [-0.25, -0.2) is 0 Å². The molecule has 0 unspecified atom stereocenters. The Morgan fingerprint density at radius 1 is 1.16 bits per heavy atom. The summed E-state index contributed by atoms with van der Waals surface area (Å²) in [5.41, 5.74) is 1.94. The first-order valence-electron chi connectivity index (χ1n) is 6.35. The van der Waals surface area contributed by atoms with Gasteiger partial charge in [0.2, 0.25) is 0 Å². The van der Waals surface area contributed by atoms with Crippen LogP contribution in [0.2, 0.25) is 0 Å². The van der Waals surface area contributed by atoms with Crippen molar-refractivity contribution in [3.05, 3.63) is 64.1 Å². The van der Waals surface area contributed by atoms with Gasteiger partial charge in [-0.15, -0.1) is 0 Å². The molecule has 2 rings (SSSR count). The van der Waals surface area contributed by atoms with Gasteiger partial charge in [0.05, 0.1) is 6.10 Å². The van der Waals surface area contributed by atoms with Crippen LogP contribution in [0.5, 0.6) is 5.75 Å². The van der Waals surface area contributed by atoms with Crippen LogP contribution in [0.4, 0.5) is 0 Å². The fraction of sp³-hybridized carbons (Fsp3) is 0.250. The third-order valence-electron chi connectivity index (χ3n) is 2.95. The number of hydrogen-bond acceptors (Lipinski definition) is 2. The van der Waals surface area contributed by atoms with E-state index in [9.17, 15) is 5.11 Å². The smallest absolute Gasteiger partial charge is 0.125 e. The van der Waals surface area contributed by atoms with Crippen molar-refractivity contribution in [2.75, 3.05) is 0 Å². The molecular weight excluding hydrogens is 304 g/mol. The number of halogens is 1. The molecule has 19 heavy (non-hydrogen) atoms. The Bertz CT molecular complexity index is 540. The Balaban J connectivity index is 2.11. The number of para-hydroxylation sites is 1. The minimum absolute atomic E-state index is 0.473. The molecule has 3 heteroatoms. The molecule has 1 atom stereocenters. The molecule has 0 spiro atoms. The minimum Gasteiger partial charge on any atom is -0.489 e. The predicted octanol–water partition coefficient (Wildman–Crippen LogP) is 4.47. The Morgan fingerprint density at radius 3 is 2.68 bits per heavy atom. The number of aliphatic hydroxyl groups excluding tert-OH is 1. The van der Waals surface area contributed by atoms with Crippen molar-refractivity contribution in [1.82, 2.24) is 0 Å². The summed E-state index contributed by atoms with van der Waals surface area (Å²) in [6, 6.07) is 15.6.